The lowest BCUT2D eigenvalue weighted by atomic mass is 10.4. The fraction of sp³-hybridized carbons (Fsp3) is 0.364. The first-order valence-corrected chi connectivity index (χ1v) is 8.60. The van der Waals surface area contributed by atoms with Crippen LogP contribution in [0, 0.1) is 0 Å². The maximum Gasteiger partial charge on any atom is 0.253 e. The van der Waals surface area contributed by atoms with E-state index in [0.717, 1.165) is 11.4 Å². The Morgan fingerprint density at radius 3 is 3.00 bits per heavy atom. The summed E-state index contributed by atoms with van der Waals surface area (Å²) in [6.07, 6.45) is 3.57. The van der Waals surface area contributed by atoms with E-state index < -0.39 is 10.0 Å². The van der Waals surface area contributed by atoms with Gasteiger partial charge in [0.15, 0.2) is 0 Å². The van der Waals surface area contributed by atoms with Gasteiger partial charge in [-0.2, -0.15) is 4.31 Å². The number of aromatic nitrogens is 2. The van der Waals surface area contributed by atoms with Crippen molar-refractivity contribution in [3.8, 4) is 0 Å². The molecule has 2 aromatic rings. The van der Waals surface area contributed by atoms with Gasteiger partial charge in [0, 0.05) is 31.4 Å². The molecule has 0 bridgehead atoms. The largest absolute Gasteiger partial charge is 0.333 e. The number of alkyl halides is 1. The van der Waals surface area contributed by atoms with Crippen molar-refractivity contribution in [1.82, 2.24) is 13.9 Å². The van der Waals surface area contributed by atoms with Gasteiger partial charge in [0.2, 0.25) is 0 Å². The van der Waals surface area contributed by atoms with Crippen molar-refractivity contribution < 1.29 is 8.42 Å². The monoisotopic (exact) mass is 317 g/mol. The van der Waals surface area contributed by atoms with E-state index in [1.54, 1.807) is 17.6 Å². The number of imidazole rings is 1. The highest BCUT2D eigenvalue weighted by molar-refractivity contribution is 7.91. The number of hydrogen-bond donors (Lipinski definition) is 0. The van der Waals surface area contributed by atoms with Gasteiger partial charge < -0.3 is 4.57 Å². The second-order valence-corrected chi connectivity index (χ2v) is 7.63. The lowest BCUT2D eigenvalue weighted by molar-refractivity contribution is 0.336. The number of sulfonamides is 1. The molecule has 0 amide bonds. The van der Waals surface area contributed by atoms with Crippen molar-refractivity contribution in [3.63, 3.8) is 0 Å². The Kier molecular flexibility index (Phi) is 3.38. The first-order valence-electron chi connectivity index (χ1n) is 5.75. The van der Waals surface area contributed by atoms with Crippen molar-refractivity contribution in [2.45, 2.75) is 23.2 Å². The summed E-state index contributed by atoms with van der Waals surface area (Å²) in [6, 6.07) is 1.65. The molecule has 0 spiro atoms. The minimum absolute atomic E-state index is 0.323. The number of halogens is 1. The third-order valence-electron chi connectivity index (χ3n) is 3.09. The minimum atomic E-state index is -3.43. The van der Waals surface area contributed by atoms with Crippen molar-refractivity contribution in [1.29, 1.82) is 0 Å². The summed E-state index contributed by atoms with van der Waals surface area (Å²) in [5, 5.41) is 1.78. The molecule has 102 valence electrons. The quantitative estimate of drug-likeness (QED) is 0.812. The topological polar surface area (TPSA) is 55.2 Å². The third kappa shape index (κ3) is 2.31. The zero-order chi connectivity index (χ0) is 13.5. The molecule has 3 heterocycles. The van der Waals surface area contributed by atoms with Gasteiger partial charge in [-0.25, -0.2) is 13.4 Å². The smallest absolute Gasteiger partial charge is 0.253 e. The van der Waals surface area contributed by atoms with Crippen LogP contribution in [0.15, 0.2) is 28.0 Å². The molecule has 0 unspecified atom stereocenters. The number of hydrogen-bond acceptors (Lipinski definition) is 4. The number of nitrogens with zero attached hydrogens (tertiary/aromatic N) is 3. The molecular weight excluding hydrogens is 306 g/mol. The lowest BCUT2D eigenvalue weighted by Crippen LogP contribution is -2.37. The average Bonchev–Trinajstić information content (AvgIpc) is 3.06. The normalized spacial score (nSPS) is 16.5. The Morgan fingerprint density at radius 2 is 2.26 bits per heavy atom. The second-order valence-electron chi connectivity index (χ2n) is 4.28. The van der Waals surface area contributed by atoms with Crippen LogP contribution in [-0.4, -0.2) is 28.8 Å². The van der Waals surface area contributed by atoms with Crippen molar-refractivity contribution in [3.05, 3.63) is 35.2 Å². The lowest BCUT2D eigenvalue weighted by Gasteiger charge is -2.26. The Balaban J connectivity index is 1.89. The van der Waals surface area contributed by atoms with Gasteiger partial charge in [-0.3, -0.25) is 0 Å². The predicted molar refractivity (Wildman–Crippen MR) is 73.7 cm³/mol. The molecule has 19 heavy (non-hydrogen) atoms. The Bertz CT molecular complexity index is 692. The second kappa shape index (κ2) is 4.90. The molecule has 1 aliphatic rings. The van der Waals surface area contributed by atoms with E-state index in [-0.39, 0.29) is 0 Å². The summed E-state index contributed by atoms with van der Waals surface area (Å²) in [4.78, 5) is 4.17. The first-order chi connectivity index (χ1) is 9.11. The van der Waals surface area contributed by atoms with E-state index >= 15 is 0 Å². The molecule has 0 N–H and O–H groups in total. The zero-order valence-corrected chi connectivity index (χ0v) is 12.4. The fourth-order valence-corrected chi connectivity index (χ4v) is 5.04. The van der Waals surface area contributed by atoms with Crippen LogP contribution in [0.3, 0.4) is 0 Å². The average molecular weight is 318 g/mol. The molecule has 0 aromatic carbocycles. The molecule has 8 heteroatoms. The number of rotatable bonds is 3. The molecule has 5 nitrogen and oxygen atoms in total. The van der Waals surface area contributed by atoms with E-state index in [4.69, 9.17) is 11.6 Å². The van der Waals surface area contributed by atoms with Crippen LogP contribution in [0.1, 0.15) is 11.4 Å². The van der Waals surface area contributed by atoms with E-state index in [1.165, 1.54) is 15.6 Å². The zero-order valence-electron chi connectivity index (χ0n) is 9.99. The minimum Gasteiger partial charge on any atom is -0.333 e. The van der Waals surface area contributed by atoms with Crippen LogP contribution in [-0.2, 0) is 29.0 Å². The van der Waals surface area contributed by atoms with Crippen molar-refractivity contribution in [2.75, 3.05) is 6.54 Å². The Labute approximate surface area is 120 Å². The fourth-order valence-electron chi connectivity index (χ4n) is 2.04. The van der Waals surface area contributed by atoms with E-state index in [2.05, 4.69) is 4.98 Å². The van der Waals surface area contributed by atoms with Crippen LogP contribution in [0.25, 0.3) is 0 Å². The van der Waals surface area contributed by atoms with Gasteiger partial charge in [-0.15, -0.1) is 22.9 Å². The number of fused-ring (bicyclic) bond motifs is 1. The van der Waals surface area contributed by atoms with E-state index in [9.17, 15) is 8.42 Å². The van der Waals surface area contributed by atoms with Crippen LogP contribution < -0.4 is 0 Å². The highest BCUT2D eigenvalue weighted by atomic mass is 35.5. The predicted octanol–water partition coefficient (Wildman–Crippen LogP) is 1.89. The van der Waals surface area contributed by atoms with Crippen LogP contribution in [0.2, 0.25) is 0 Å². The van der Waals surface area contributed by atoms with Gasteiger partial charge in [-0.05, 0) is 17.0 Å². The molecule has 3 rings (SSSR count). The maximum absolute atomic E-state index is 12.5. The Morgan fingerprint density at radius 1 is 1.42 bits per heavy atom. The van der Waals surface area contributed by atoms with Crippen molar-refractivity contribution in [2.24, 2.45) is 0 Å². The first kappa shape index (κ1) is 13.1. The molecule has 2 aromatic heterocycles. The van der Waals surface area contributed by atoms with Crippen molar-refractivity contribution >= 4 is 33.0 Å². The van der Waals surface area contributed by atoms with E-state index in [0.29, 0.717) is 29.7 Å². The molecule has 0 atom stereocenters. The third-order valence-corrected chi connectivity index (χ3v) is 6.71. The highest BCUT2D eigenvalue weighted by Gasteiger charge is 2.29. The summed E-state index contributed by atoms with van der Waals surface area (Å²) >= 11 is 6.93. The van der Waals surface area contributed by atoms with Gasteiger partial charge >= 0.3 is 0 Å². The molecule has 0 radical (unpaired) electrons. The SMILES string of the molecule is O=S(=O)(c1cc(CCl)cs1)N1CCn2ccnc2C1. The summed E-state index contributed by atoms with van der Waals surface area (Å²) < 4.78 is 28.8. The molecule has 0 saturated heterocycles. The van der Waals surface area contributed by atoms with Gasteiger partial charge in [0.25, 0.3) is 10.0 Å². The van der Waals surface area contributed by atoms with Crippen LogP contribution >= 0.6 is 22.9 Å². The van der Waals surface area contributed by atoms with Crippen LogP contribution in [0.5, 0.6) is 0 Å². The van der Waals surface area contributed by atoms with Gasteiger partial charge in [0.1, 0.15) is 10.0 Å². The van der Waals surface area contributed by atoms with E-state index in [1.807, 2.05) is 10.8 Å². The summed E-state index contributed by atoms with van der Waals surface area (Å²) in [7, 11) is -3.43. The van der Waals surface area contributed by atoms with Gasteiger partial charge in [-0.1, -0.05) is 0 Å². The molecular formula is C11H12ClN3O2S2. The maximum atomic E-state index is 12.5. The van der Waals surface area contributed by atoms with Gasteiger partial charge in [0.05, 0.1) is 6.54 Å². The molecule has 0 aliphatic carbocycles. The Hall–Kier alpha value is -0.890. The highest BCUT2D eigenvalue weighted by Crippen LogP contribution is 2.27. The summed E-state index contributed by atoms with van der Waals surface area (Å²) in [6.45, 7) is 1.44. The molecule has 1 aliphatic heterocycles. The molecule has 0 saturated carbocycles. The summed E-state index contributed by atoms with van der Waals surface area (Å²) in [5.74, 6) is 1.11. The number of thiophene rings is 1. The summed E-state index contributed by atoms with van der Waals surface area (Å²) in [5.41, 5.74) is 0.837. The standard InChI is InChI=1S/C11H12ClN3O2S2/c12-6-9-5-11(18-8-9)19(16,17)15-4-3-14-2-1-13-10(14)7-15/h1-2,5,8H,3-4,6-7H2. The molecule has 0 fully saturated rings. The van der Waals surface area contributed by atoms with Crippen LogP contribution in [0.4, 0.5) is 0 Å².